The van der Waals surface area contributed by atoms with Crippen molar-refractivity contribution >= 4 is 0 Å². The zero-order chi connectivity index (χ0) is 56.0. The number of rotatable bonds is 9. The number of hydrogen-bond acceptors (Lipinski definition) is 7. The predicted molar refractivity (Wildman–Crippen MR) is 365 cm³/mol. The van der Waals surface area contributed by atoms with E-state index in [4.69, 9.17) is 0 Å². The van der Waals surface area contributed by atoms with E-state index in [1.54, 1.807) is 18.6 Å². The van der Waals surface area contributed by atoms with Gasteiger partial charge in [-0.25, -0.2) is 4.98 Å². The first-order valence-corrected chi connectivity index (χ1v) is 29.9. The Balaban J connectivity index is -0.000000194. The average Bonchev–Trinajstić information content (AvgIpc) is 4.21. The van der Waals surface area contributed by atoms with Crippen molar-refractivity contribution in [3.63, 3.8) is 0 Å². The Labute approximate surface area is 506 Å². The quantitative estimate of drug-likeness (QED) is 0.146. The van der Waals surface area contributed by atoms with Gasteiger partial charge in [-0.05, 0) is 258 Å². The van der Waals surface area contributed by atoms with Crippen LogP contribution < -0.4 is 0 Å². The lowest BCUT2D eigenvalue weighted by molar-refractivity contribution is 0.138. The molecule has 0 bridgehead atoms. The third-order valence-corrected chi connectivity index (χ3v) is 13.9. The smallest absolute Gasteiger partial charge is 0.0948 e. The maximum Gasteiger partial charge on any atom is 0.0948 e. The van der Waals surface area contributed by atoms with E-state index in [1.807, 2.05) is 70.7 Å². The van der Waals surface area contributed by atoms with Crippen LogP contribution in [0.1, 0.15) is 270 Å². The molecule has 9 heterocycles. The van der Waals surface area contributed by atoms with Crippen molar-refractivity contribution in [2.24, 2.45) is 0 Å². The van der Waals surface area contributed by atoms with Gasteiger partial charge in [0.15, 0.2) is 0 Å². The molecule has 12 nitrogen and oxygen atoms in total. The third kappa shape index (κ3) is 43.4. The highest BCUT2D eigenvalue weighted by molar-refractivity contribution is 4.92. The van der Waals surface area contributed by atoms with Gasteiger partial charge >= 0.3 is 0 Å². The molecule has 5 aromatic rings. The highest BCUT2D eigenvalue weighted by atomic mass is 15.3. The van der Waals surface area contributed by atoms with Crippen LogP contribution in [0.3, 0.4) is 0 Å². The zero-order valence-corrected chi connectivity index (χ0v) is 51.8. The summed E-state index contributed by atoms with van der Waals surface area (Å²) in [7, 11) is 0. The molecule has 0 atom stereocenters. The summed E-state index contributed by atoms with van der Waals surface area (Å²) in [4.78, 5) is 14.1. The Morgan fingerprint density at radius 2 is 0.506 bits per heavy atom. The van der Waals surface area contributed by atoms with E-state index in [2.05, 4.69) is 198 Å². The molecule has 4 saturated heterocycles. The van der Waals surface area contributed by atoms with Crippen LogP contribution in [0.5, 0.6) is 0 Å². The first-order valence-electron chi connectivity index (χ1n) is 29.9. The Morgan fingerprint density at radius 3 is 0.667 bits per heavy atom. The van der Waals surface area contributed by atoms with Crippen molar-refractivity contribution in [3.05, 3.63) is 105 Å². The van der Waals surface area contributed by atoms with E-state index >= 15 is 0 Å². The van der Waals surface area contributed by atoms with Gasteiger partial charge in [-0.15, -0.1) is 0 Å². The van der Waals surface area contributed by atoms with Crippen LogP contribution in [0.4, 0.5) is 0 Å². The fraction of sp³-hybridized carbons (Fsp3) is 0.754. The summed E-state index contributed by atoms with van der Waals surface area (Å²) < 4.78 is 10.2. The predicted octanol–water partition coefficient (Wildman–Crippen LogP) is 19.5. The van der Waals surface area contributed by atoms with Gasteiger partial charge in [-0.3, -0.25) is 9.36 Å². The number of hydrogen-bond donors (Lipinski definition) is 0. The van der Waals surface area contributed by atoms with Crippen molar-refractivity contribution in [1.82, 2.24) is 57.8 Å². The van der Waals surface area contributed by atoms with E-state index in [1.165, 1.54) is 123 Å². The van der Waals surface area contributed by atoms with Crippen molar-refractivity contribution < 1.29 is 0 Å². The SMILES string of the molecule is C.C.C.C.C.C.CC(C)N1CCC1.CC(C)N1CCCC1.CC(C)N1CCCCC1.CC(C)N1CCCCCCC1.CC(C)n1cccc1.CC(C)n1cccc1.CC(C)n1cccn1.CC(C)n1cccn1.CC(C)n1ccnc1. The molecule has 0 amide bonds. The Hall–Kier alpha value is -3.97. The molecule has 0 radical (unpaired) electrons. The lowest BCUT2D eigenvalue weighted by Crippen LogP contribution is -2.41. The minimum Gasteiger partial charge on any atom is -0.352 e. The summed E-state index contributed by atoms with van der Waals surface area (Å²) in [5.41, 5.74) is 0. The number of likely N-dealkylation sites (tertiary alicyclic amines) is 4. The molecular formula is C69H142N12. The van der Waals surface area contributed by atoms with E-state index in [-0.39, 0.29) is 44.6 Å². The molecule has 4 aliphatic rings. The summed E-state index contributed by atoms with van der Waals surface area (Å²) in [6, 6.07) is 17.8. The van der Waals surface area contributed by atoms with Gasteiger partial charge in [-0.2, -0.15) is 10.2 Å². The highest BCUT2D eigenvalue weighted by Crippen LogP contribution is 2.14. The van der Waals surface area contributed by atoms with Gasteiger partial charge in [0, 0.05) is 116 Å². The van der Waals surface area contributed by atoms with Crippen molar-refractivity contribution in [1.29, 1.82) is 0 Å². The maximum absolute atomic E-state index is 4.03. The van der Waals surface area contributed by atoms with Crippen molar-refractivity contribution in [3.8, 4) is 0 Å². The Bertz CT molecular complexity index is 1630. The molecule has 0 aliphatic carbocycles. The number of nitrogens with zero attached hydrogens (tertiary/aromatic N) is 12. The molecule has 0 saturated carbocycles. The summed E-state index contributed by atoms with van der Waals surface area (Å²) in [5.74, 6) is 0. The molecule has 12 heteroatoms. The van der Waals surface area contributed by atoms with Gasteiger partial charge < -0.3 is 33.3 Å². The Morgan fingerprint density at radius 1 is 0.247 bits per heavy atom. The van der Waals surface area contributed by atoms with Crippen LogP contribution >= 0.6 is 0 Å². The van der Waals surface area contributed by atoms with Crippen LogP contribution in [0.25, 0.3) is 0 Å². The fourth-order valence-electron chi connectivity index (χ4n) is 8.47. The highest BCUT2D eigenvalue weighted by Gasteiger charge is 2.16. The van der Waals surface area contributed by atoms with Crippen LogP contribution in [0.2, 0.25) is 0 Å². The first-order chi connectivity index (χ1) is 35.7. The standard InChI is InChI=1S/C10H21N.C8H17N.C7H15N.2C7H11N.3C6H10N2.C6H13N.6CH4/c1-10(2)11-8-6-4-3-5-7-9-11;1-8(2)9-6-4-3-5-7-9;3*1-7(2)8-5-3-4-6-8;1-6(2)8-4-3-7-5-8;2*1-6(2)8-5-3-4-7-8;1-6(2)7-4-3-5-7;;;;;;/h10H,3-9H2,1-2H3;8H,3-7H2,1-2H3;7H,3-6H2,1-2H3;2*3-7H,1-2H3;3*3-6H,1-2H3;6H,3-5H2,1-2H3;6*1H4. The van der Waals surface area contributed by atoms with E-state index < -0.39 is 0 Å². The molecule has 0 aromatic carbocycles. The minimum atomic E-state index is 0. The van der Waals surface area contributed by atoms with Gasteiger partial charge in [0.2, 0.25) is 0 Å². The van der Waals surface area contributed by atoms with Gasteiger partial charge in [-0.1, -0.05) is 70.2 Å². The molecule has 0 spiro atoms. The van der Waals surface area contributed by atoms with Crippen LogP contribution in [0, 0.1) is 0 Å². The van der Waals surface area contributed by atoms with Crippen LogP contribution in [-0.2, 0) is 0 Å². The van der Waals surface area contributed by atoms with E-state index in [9.17, 15) is 0 Å². The second kappa shape index (κ2) is 54.0. The molecule has 9 rings (SSSR count). The van der Waals surface area contributed by atoms with E-state index in [0.717, 1.165) is 24.2 Å². The largest absolute Gasteiger partial charge is 0.352 e. The number of imidazole rings is 1. The van der Waals surface area contributed by atoms with Crippen LogP contribution in [0.15, 0.2) is 105 Å². The first kappa shape index (κ1) is 88.3. The van der Waals surface area contributed by atoms with E-state index in [0.29, 0.717) is 30.2 Å². The molecule has 5 aromatic heterocycles. The second-order valence-corrected chi connectivity index (χ2v) is 23.1. The molecule has 81 heavy (non-hydrogen) atoms. The molecule has 0 unspecified atom stereocenters. The second-order valence-electron chi connectivity index (χ2n) is 23.1. The topological polar surface area (TPSA) is 76.3 Å². The lowest BCUT2D eigenvalue weighted by atomic mass is 10.1. The number of piperidine rings is 1. The van der Waals surface area contributed by atoms with Gasteiger partial charge in [0.1, 0.15) is 0 Å². The fourth-order valence-corrected chi connectivity index (χ4v) is 8.47. The molecule has 4 fully saturated rings. The monoisotopic (exact) mass is 1140 g/mol. The van der Waals surface area contributed by atoms with Crippen molar-refractivity contribution in [2.45, 2.75) is 294 Å². The Kier molecular flexibility index (Phi) is 58.8. The third-order valence-electron chi connectivity index (χ3n) is 13.9. The summed E-state index contributed by atoms with van der Waals surface area (Å²) >= 11 is 0. The molecular weight excluding hydrogens is 997 g/mol. The summed E-state index contributed by atoms with van der Waals surface area (Å²) in [6.07, 6.45) is 37.1. The molecule has 4 aliphatic heterocycles. The van der Waals surface area contributed by atoms with Gasteiger partial charge in [0.05, 0.1) is 6.33 Å². The lowest BCUT2D eigenvalue weighted by Gasteiger charge is -2.34. The zero-order valence-electron chi connectivity index (χ0n) is 51.8. The van der Waals surface area contributed by atoms with Crippen LogP contribution in [-0.4, -0.2) is 134 Å². The maximum atomic E-state index is 4.03. The number of aromatic nitrogens is 8. The molecule has 478 valence electrons. The van der Waals surface area contributed by atoms with Crippen molar-refractivity contribution in [2.75, 3.05) is 52.4 Å². The normalized spacial score (nSPS) is 15.0. The average molecular weight is 1140 g/mol. The van der Waals surface area contributed by atoms with Gasteiger partial charge in [0.25, 0.3) is 0 Å². The summed E-state index contributed by atoms with van der Waals surface area (Å²) in [6.45, 7) is 50.2. The minimum absolute atomic E-state index is 0. The summed E-state index contributed by atoms with van der Waals surface area (Å²) in [5, 5.41) is 8.06. The molecule has 0 N–H and O–H groups in total.